The second-order valence-corrected chi connectivity index (χ2v) is 4.75. The lowest BCUT2D eigenvalue weighted by molar-refractivity contribution is -0.141. The first kappa shape index (κ1) is 12.5. The minimum absolute atomic E-state index is 0.233. The van der Waals surface area contributed by atoms with E-state index in [2.05, 4.69) is 11.8 Å². The van der Waals surface area contributed by atoms with Gasteiger partial charge in [-0.05, 0) is 38.3 Å². The third-order valence-electron chi connectivity index (χ3n) is 3.47. The molecular formula is C12H23NO2. The molecule has 15 heavy (non-hydrogen) atoms. The Kier molecular flexibility index (Phi) is 5.09. The highest BCUT2D eigenvalue weighted by Gasteiger charge is 2.19. The van der Waals surface area contributed by atoms with Crippen molar-refractivity contribution in [3.05, 3.63) is 0 Å². The first-order valence-electron chi connectivity index (χ1n) is 6.08. The van der Waals surface area contributed by atoms with Gasteiger partial charge in [-0.1, -0.05) is 20.3 Å². The molecule has 1 fully saturated rings. The van der Waals surface area contributed by atoms with Crippen molar-refractivity contribution < 1.29 is 9.90 Å². The zero-order valence-corrected chi connectivity index (χ0v) is 9.91. The minimum Gasteiger partial charge on any atom is -0.481 e. The van der Waals surface area contributed by atoms with E-state index in [0.29, 0.717) is 6.54 Å². The molecule has 0 saturated carbocycles. The SMILES string of the molecule is CCC1CCCN(CC(C)C(=O)O)CC1. The van der Waals surface area contributed by atoms with Crippen molar-refractivity contribution in [1.82, 2.24) is 4.90 Å². The molecule has 2 atom stereocenters. The molecule has 1 saturated heterocycles. The predicted molar refractivity (Wildman–Crippen MR) is 60.9 cm³/mol. The van der Waals surface area contributed by atoms with E-state index in [0.717, 1.165) is 19.0 Å². The van der Waals surface area contributed by atoms with Crippen molar-refractivity contribution in [1.29, 1.82) is 0 Å². The minimum atomic E-state index is -0.675. The van der Waals surface area contributed by atoms with Crippen molar-refractivity contribution in [2.75, 3.05) is 19.6 Å². The van der Waals surface area contributed by atoms with Gasteiger partial charge in [-0.15, -0.1) is 0 Å². The monoisotopic (exact) mass is 213 g/mol. The van der Waals surface area contributed by atoms with Gasteiger partial charge >= 0.3 is 5.97 Å². The molecule has 2 unspecified atom stereocenters. The molecule has 3 heteroatoms. The van der Waals surface area contributed by atoms with Crippen LogP contribution in [0.4, 0.5) is 0 Å². The number of carboxylic acid groups (broad SMARTS) is 1. The smallest absolute Gasteiger partial charge is 0.307 e. The summed E-state index contributed by atoms with van der Waals surface area (Å²) in [6, 6.07) is 0. The van der Waals surface area contributed by atoms with E-state index in [9.17, 15) is 4.79 Å². The van der Waals surface area contributed by atoms with E-state index in [1.54, 1.807) is 6.92 Å². The summed E-state index contributed by atoms with van der Waals surface area (Å²) in [5.74, 6) is -0.0513. The summed E-state index contributed by atoms with van der Waals surface area (Å²) >= 11 is 0. The molecule has 1 aliphatic rings. The molecule has 1 aliphatic heterocycles. The van der Waals surface area contributed by atoms with Gasteiger partial charge in [0.05, 0.1) is 5.92 Å². The normalized spacial score (nSPS) is 25.9. The highest BCUT2D eigenvalue weighted by Crippen LogP contribution is 2.20. The van der Waals surface area contributed by atoms with Crippen molar-refractivity contribution >= 4 is 5.97 Å². The number of likely N-dealkylation sites (tertiary alicyclic amines) is 1. The van der Waals surface area contributed by atoms with Crippen LogP contribution in [-0.4, -0.2) is 35.6 Å². The van der Waals surface area contributed by atoms with Crippen LogP contribution in [0.15, 0.2) is 0 Å². The third kappa shape index (κ3) is 4.20. The van der Waals surface area contributed by atoms with E-state index in [-0.39, 0.29) is 5.92 Å². The summed E-state index contributed by atoms with van der Waals surface area (Å²) in [5, 5.41) is 8.85. The summed E-state index contributed by atoms with van der Waals surface area (Å²) in [6.07, 6.45) is 5.05. The van der Waals surface area contributed by atoms with E-state index in [4.69, 9.17) is 5.11 Å². The number of hydrogen-bond donors (Lipinski definition) is 1. The quantitative estimate of drug-likeness (QED) is 0.778. The van der Waals surface area contributed by atoms with Crippen LogP contribution in [0, 0.1) is 11.8 Å². The number of rotatable bonds is 4. The van der Waals surface area contributed by atoms with Crippen molar-refractivity contribution in [2.24, 2.45) is 11.8 Å². The van der Waals surface area contributed by atoms with E-state index in [1.807, 2.05) is 0 Å². The van der Waals surface area contributed by atoms with E-state index >= 15 is 0 Å². The highest BCUT2D eigenvalue weighted by molar-refractivity contribution is 5.69. The van der Waals surface area contributed by atoms with Crippen LogP contribution >= 0.6 is 0 Å². The Bertz CT molecular complexity index is 206. The van der Waals surface area contributed by atoms with Crippen LogP contribution in [0.1, 0.15) is 39.5 Å². The fourth-order valence-corrected chi connectivity index (χ4v) is 2.28. The van der Waals surface area contributed by atoms with Gasteiger partial charge in [0, 0.05) is 6.54 Å². The maximum Gasteiger partial charge on any atom is 0.307 e. The third-order valence-corrected chi connectivity index (χ3v) is 3.47. The lowest BCUT2D eigenvalue weighted by atomic mass is 9.98. The molecule has 0 spiro atoms. The molecular weight excluding hydrogens is 190 g/mol. The molecule has 0 bridgehead atoms. The first-order valence-corrected chi connectivity index (χ1v) is 6.08. The molecule has 1 rings (SSSR count). The molecule has 0 aromatic carbocycles. The number of carbonyl (C=O) groups is 1. The van der Waals surface area contributed by atoms with Gasteiger partial charge in [0.25, 0.3) is 0 Å². The van der Waals surface area contributed by atoms with Crippen molar-refractivity contribution in [2.45, 2.75) is 39.5 Å². The second-order valence-electron chi connectivity index (χ2n) is 4.75. The average Bonchev–Trinajstić information content (AvgIpc) is 2.43. The maximum atomic E-state index is 10.8. The molecule has 1 heterocycles. The Labute approximate surface area is 92.5 Å². The summed E-state index contributed by atoms with van der Waals surface area (Å²) in [4.78, 5) is 13.1. The largest absolute Gasteiger partial charge is 0.481 e. The molecule has 88 valence electrons. The Morgan fingerprint density at radius 1 is 1.47 bits per heavy atom. The van der Waals surface area contributed by atoms with Gasteiger partial charge in [-0.3, -0.25) is 4.79 Å². The Balaban J connectivity index is 2.34. The van der Waals surface area contributed by atoms with Crippen LogP contribution in [0.25, 0.3) is 0 Å². The van der Waals surface area contributed by atoms with Crippen LogP contribution in [0.5, 0.6) is 0 Å². The summed E-state index contributed by atoms with van der Waals surface area (Å²) in [5.41, 5.74) is 0. The summed E-state index contributed by atoms with van der Waals surface area (Å²) in [6.45, 7) is 6.92. The Morgan fingerprint density at radius 2 is 2.20 bits per heavy atom. The number of hydrogen-bond acceptors (Lipinski definition) is 2. The molecule has 1 N–H and O–H groups in total. The maximum absolute atomic E-state index is 10.8. The van der Waals surface area contributed by atoms with Crippen molar-refractivity contribution in [3.63, 3.8) is 0 Å². The van der Waals surface area contributed by atoms with E-state index < -0.39 is 5.97 Å². The van der Waals surface area contributed by atoms with Crippen LogP contribution in [0.2, 0.25) is 0 Å². The fraction of sp³-hybridized carbons (Fsp3) is 0.917. The van der Waals surface area contributed by atoms with Gasteiger partial charge in [0.15, 0.2) is 0 Å². The zero-order valence-electron chi connectivity index (χ0n) is 9.91. The predicted octanol–water partition coefficient (Wildman–Crippen LogP) is 2.22. The standard InChI is InChI=1S/C12H23NO2/c1-3-11-5-4-7-13(8-6-11)9-10(2)12(14)15/h10-11H,3-9H2,1-2H3,(H,14,15). The summed E-state index contributed by atoms with van der Waals surface area (Å²) in [7, 11) is 0. The van der Waals surface area contributed by atoms with Gasteiger partial charge in [0.2, 0.25) is 0 Å². The molecule has 0 radical (unpaired) electrons. The first-order chi connectivity index (χ1) is 7.13. The topological polar surface area (TPSA) is 40.5 Å². The lowest BCUT2D eigenvalue weighted by Crippen LogP contribution is -2.32. The number of carboxylic acids is 1. The van der Waals surface area contributed by atoms with E-state index in [1.165, 1.54) is 25.7 Å². The van der Waals surface area contributed by atoms with Gasteiger partial charge in [0.1, 0.15) is 0 Å². The molecule has 0 aromatic rings. The lowest BCUT2D eigenvalue weighted by Gasteiger charge is -2.22. The molecule has 0 amide bonds. The van der Waals surface area contributed by atoms with Crippen molar-refractivity contribution in [3.8, 4) is 0 Å². The second kappa shape index (κ2) is 6.11. The Hall–Kier alpha value is -0.570. The summed E-state index contributed by atoms with van der Waals surface area (Å²) < 4.78 is 0. The van der Waals surface area contributed by atoms with Gasteiger partial charge in [-0.25, -0.2) is 0 Å². The van der Waals surface area contributed by atoms with Gasteiger partial charge in [-0.2, -0.15) is 0 Å². The zero-order chi connectivity index (χ0) is 11.3. The average molecular weight is 213 g/mol. The van der Waals surface area contributed by atoms with Crippen LogP contribution in [0.3, 0.4) is 0 Å². The molecule has 3 nitrogen and oxygen atoms in total. The molecule has 0 aliphatic carbocycles. The number of nitrogens with zero attached hydrogens (tertiary/aromatic N) is 1. The van der Waals surface area contributed by atoms with Crippen LogP contribution in [-0.2, 0) is 4.79 Å². The molecule has 0 aromatic heterocycles. The fourth-order valence-electron chi connectivity index (χ4n) is 2.28. The Morgan fingerprint density at radius 3 is 2.80 bits per heavy atom. The van der Waals surface area contributed by atoms with Gasteiger partial charge < -0.3 is 10.0 Å². The van der Waals surface area contributed by atoms with Crippen LogP contribution < -0.4 is 0 Å². The highest BCUT2D eigenvalue weighted by atomic mass is 16.4. The number of aliphatic carboxylic acids is 1.